The van der Waals surface area contributed by atoms with Crippen LogP contribution in [0.15, 0.2) is 35.2 Å². The van der Waals surface area contributed by atoms with Crippen molar-refractivity contribution in [1.82, 2.24) is 9.78 Å². The molecule has 1 saturated heterocycles. The predicted molar refractivity (Wildman–Crippen MR) is 112 cm³/mol. The molecule has 0 N–H and O–H groups in total. The van der Waals surface area contributed by atoms with Crippen molar-refractivity contribution in [3.8, 4) is 6.07 Å². The molecular weight excluding hydrogens is 427 g/mol. The number of aromatic nitrogens is 2. The third-order valence-electron chi connectivity index (χ3n) is 5.40. The molecule has 1 aromatic heterocycles. The topological polar surface area (TPSA) is 60.1 Å². The molecule has 3 rings (SSSR count). The van der Waals surface area contributed by atoms with Gasteiger partial charge in [-0.15, -0.1) is 11.8 Å². The summed E-state index contributed by atoms with van der Waals surface area (Å²) in [6, 6.07) is 9.55. The van der Waals surface area contributed by atoms with Crippen molar-refractivity contribution in [3.63, 3.8) is 0 Å². The van der Waals surface area contributed by atoms with Gasteiger partial charge in [-0.25, -0.2) is 4.68 Å². The van der Waals surface area contributed by atoms with Gasteiger partial charge in [0.15, 0.2) is 0 Å². The zero-order valence-electron chi connectivity index (χ0n) is 18.0. The van der Waals surface area contributed by atoms with E-state index in [1.807, 2.05) is 13.0 Å². The summed E-state index contributed by atoms with van der Waals surface area (Å²) >= 11 is 1.44. The molecule has 2 atom stereocenters. The van der Waals surface area contributed by atoms with Crippen molar-refractivity contribution in [2.24, 2.45) is 0 Å². The summed E-state index contributed by atoms with van der Waals surface area (Å²) in [5, 5.41) is 14.0. The van der Waals surface area contributed by atoms with E-state index < -0.39 is 17.2 Å². The number of hydrogen-bond donors (Lipinski definition) is 0. The molecule has 2 unspecified atom stereocenters. The lowest BCUT2D eigenvalue weighted by atomic mass is 9.90. The zero-order valence-corrected chi connectivity index (χ0v) is 18.8. The monoisotopic (exact) mass is 453 g/mol. The fraction of sp³-hybridized carbons (Fsp3) is 0.545. The lowest BCUT2D eigenvalue weighted by Gasteiger charge is -2.38. The molecule has 9 heteroatoms. The summed E-state index contributed by atoms with van der Waals surface area (Å²) in [6.45, 7) is 6.33. The smallest absolute Gasteiger partial charge is 0.372 e. The number of hydrogen-bond acceptors (Lipinski definition) is 5. The van der Waals surface area contributed by atoms with E-state index >= 15 is 0 Å². The Morgan fingerprint density at radius 2 is 2.10 bits per heavy atom. The number of nitriles is 1. The molecule has 0 radical (unpaired) electrons. The van der Waals surface area contributed by atoms with Crippen molar-refractivity contribution in [3.05, 3.63) is 47.3 Å². The standard InChI is InChI=1S/C22H26F3N3O2S/c1-20(2,13-26)19-11-17(28(27-19)14-29-4)18-12-21(3,8-9-30-18)31-16-7-5-6-15(10-16)22(23,24)25/h5-7,10-11,18H,8-9,12,14H2,1-4H3. The van der Waals surface area contributed by atoms with Crippen LogP contribution in [0.2, 0.25) is 0 Å². The van der Waals surface area contributed by atoms with Crippen LogP contribution >= 0.6 is 11.8 Å². The first kappa shape index (κ1) is 23.6. The first-order chi connectivity index (χ1) is 14.5. The molecule has 1 aliphatic rings. The Hall–Kier alpha value is -2.02. The largest absolute Gasteiger partial charge is 0.416 e. The van der Waals surface area contributed by atoms with Gasteiger partial charge in [0.25, 0.3) is 0 Å². The highest BCUT2D eigenvalue weighted by Gasteiger charge is 2.38. The minimum atomic E-state index is -4.37. The average molecular weight is 454 g/mol. The molecular formula is C22H26F3N3O2S. The first-order valence-electron chi connectivity index (χ1n) is 9.94. The van der Waals surface area contributed by atoms with Crippen LogP contribution in [0.3, 0.4) is 0 Å². The minimum Gasteiger partial charge on any atom is -0.372 e. The number of nitrogens with zero attached hydrogens (tertiary/aromatic N) is 3. The van der Waals surface area contributed by atoms with E-state index in [0.717, 1.165) is 11.8 Å². The van der Waals surface area contributed by atoms with Crippen LogP contribution in [0.1, 0.15) is 56.7 Å². The SMILES string of the molecule is COCn1nc(C(C)(C)C#N)cc1C1CC(C)(Sc2cccc(C(F)(F)F)c2)CCO1. The zero-order chi connectivity index (χ0) is 22.9. The molecule has 0 spiro atoms. The highest BCUT2D eigenvalue weighted by atomic mass is 32.2. The Balaban J connectivity index is 1.86. The summed E-state index contributed by atoms with van der Waals surface area (Å²) in [7, 11) is 1.57. The molecule has 5 nitrogen and oxygen atoms in total. The molecule has 0 saturated carbocycles. The highest BCUT2D eigenvalue weighted by molar-refractivity contribution is 8.00. The molecule has 31 heavy (non-hydrogen) atoms. The third-order valence-corrected chi connectivity index (χ3v) is 6.76. The Morgan fingerprint density at radius 1 is 1.35 bits per heavy atom. The van der Waals surface area contributed by atoms with Crippen LogP contribution in [0.5, 0.6) is 0 Å². The van der Waals surface area contributed by atoms with Gasteiger partial charge in [-0.1, -0.05) is 6.07 Å². The molecule has 1 aromatic carbocycles. The van der Waals surface area contributed by atoms with Crippen molar-refractivity contribution in [2.75, 3.05) is 13.7 Å². The van der Waals surface area contributed by atoms with Crippen LogP contribution in [0.4, 0.5) is 13.2 Å². The summed E-state index contributed by atoms with van der Waals surface area (Å²) < 4.78 is 52.0. The highest BCUT2D eigenvalue weighted by Crippen LogP contribution is 2.47. The Morgan fingerprint density at radius 3 is 2.74 bits per heavy atom. The Bertz CT molecular complexity index is 968. The van der Waals surface area contributed by atoms with Crippen molar-refractivity contribution >= 4 is 11.8 Å². The van der Waals surface area contributed by atoms with E-state index in [2.05, 4.69) is 11.2 Å². The summed E-state index contributed by atoms with van der Waals surface area (Å²) in [5.74, 6) is 0. The van der Waals surface area contributed by atoms with Crippen LogP contribution in [0.25, 0.3) is 0 Å². The maximum Gasteiger partial charge on any atom is 0.416 e. The van der Waals surface area contributed by atoms with Gasteiger partial charge in [0.1, 0.15) is 12.8 Å². The van der Waals surface area contributed by atoms with Crippen molar-refractivity contribution in [2.45, 2.75) is 67.7 Å². The maximum absolute atomic E-state index is 13.1. The van der Waals surface area contributed by atoms with Crippen molar-refractivity contribution in [1.29, 1.82) is 5.26 Å². The van der Waals surface area contributed by atoms with E-state index in [9.17, 15) is 18.4 Å². The number of methoxy groups -OCH3 is 1. The number of rotatable bonds is 6. The molecule has 0 amide bonds. The van der Waals surface area contributed by atoms with Crippen LogP contribution in [-0.4, -0.2) is 28.2 Å². The average Bonchev–Trinajstić information content (AvgIpc) is 3.12. The summed E-state index contributed by atoms with van der Waals surface area (Å²) in [5.41, 5.74) is 0.0174. The van der Waals surface area contributed by atoms with Crippen LogP contribution in [-0.2, 0) is 27.8 Å². The van der Waals surface area contributed by atoms with Crippen LogP contribution < -0.4 is 0 Å². The fourth-order valence-electron chi connectivity index (χ4n) is 3.55. The van der Waals surface area contributed by atoms with E-state index in [1.54, 1.807) is 31.7 Å². The van der Waals surface area contributed by atoms with Crippen molar-refractivity contribution < 1.29 is 22.6 Å². The molecule has 0 bridgehead atoms. The molecule has 0 aliphatic carbocycles. The quantitative estimate of drug-likeness (QED) is 0.561. The second-order valence-electron chi connectivity index (χ2n) is 8.50. The number of thioether (sulfide) groups is 1. The van der Waals surface area contributed by atoms with Gasteiger partial charge in [-0.3, -0.25) is 0 Å². The fourth-order valence-corrected chi connectivity index (χ4v) is 4.87. The summed E-state index contributed by atoms with van der Waals surface area (Å²) in [4.78, 5) is 0.578. The van der Waals surface area contributed by atoms with E-state index in [-0.39, 0.29) is 17.6 Å². The third kappa shape index (κ3) is 5.43. The van der Waals surface area contributed by atoms with E-state index in [1.165, 1.54) is 23.9 Å². The van der Waals surface area contributed by atoms with E-state index in [4.69, 9.17) is 9.47 Å². The van der Waals surface area contributed by atoms with Gasteiger partial charge in [-0.2, -0.15) is 23.5 Å². The van der Waals surface area contributed by atoms with Gasteiger partial charge < -0.3 is 9.47 Å². The van der Waals surface area contributed by atoms with Gasteiger partial charge >= 0.3 is 6.18 Å². The van der Waals surface area contributed by atoms with Gasteiger partial charge in [0.05, 0.1) is 28.4 Å². The molecule has 1 fully saturated rings. The summed E-state index contributed by atoms with van der Waals surface area (Å²) in [6.07, 6.45) is -3.37. The lowest BCUT2D eigenvalue weighted by Crippen LogP contribution is -2.32. The number of ether oxygens (including phenoxy) is 2. The Labute approximate surface area is 184 Å². The van der Waals surface area contributed by atoms with Crippen LogP contribution in [0, 0.1) is 11.3 Å². The molecule has 2 heterocycles. The lowest BCUT2D eigenvalue weighted by molar-refractivity contribution is -0.137. The van der Waals surface area contributed by atoms with Gasteiger partial charge in [0.2, 0.25) is 0 Å². The van der Waals surface area contributed by atoms with Gasteiger partial charge in [-0.05, 0) is 57.9 Å². The normalized spacial score (nSPS) is 22.3. The number of halogens is 3. The Kier molecular flexibility index (Phi) is 6.75. The predicted octanol–water partition coefficient (Wildman–Crippen LogP) is 5.71. The maximum atomic E-state index is 13.1. The number of alkyl halides is 3. The number of benzene rings is 1. The molecule has 2 aromatic rings. The molecule has 168 valence electrons. The minimum absolute atomic E-state index is 0.216. The second-order valence-corrected chi connectivity index (χ2v) is 10.2. The van der Waals surface area contributed by atoms with E-state index in [0.29, 0.717) is 30.0 Å². The second kappa shape index (κ2) is 8.85. The first-order valence-corrected chi connectivity index (χ1v) is 10.8. The molecule has 1 aliphatic heterocycles. The van der Waals surface area contributed by atoms with Gasteiger partial charge in [0, 0.05) is 23.4 Å².